The summed E-state index contributed by atoms with van der Waals surface area (Å²) in [7, 11) is 0. The van der Waals surface area contributed by atoms with Gasteiger partial charge in [0.2, 0.25) is 0 Å². The van der Waals surface area contributed by atoms with Crippen LogP contribution in [-0.4, -0.2) is 37.1 Å². The summed E-state index contributed by atoms with van der Waals surface area (Å²) in [5.74, 6) is 1.53. The van der Waals surface area contributed by atoms with Crippen molar-refractivity contribution in [2.75, 3.05) is 26.2 Å². The topological polar surface area (TPSA) is 15.3 Å². The zero-order valence-electron chi connectivity index (χ0n) is 13.4. The van der Waals surface area contributed by atoms with Crippen LogP contribution in [0, 0.1) is 17.3 Å². The van der Waals surface area contributed by atoms with Crippen LogP contribution in [0.1, 0.15) is 54.4 Å². The monoisotopic (exact) mass is 254 g/mol. The van der Waals surface area contributed by atoms with Crippen molar-refractivity contribution in [1.82, 2.24) is 10.2 Å². The highest BCUT2D eigenvalue weighted by Gasteiger charge is 2.24. The largest absolute Gasteiger partial charge is 0.314 e. The van der Waals surface area contributed by atoms with Crippen LogP contribution in [-0.2, 0) is 0 Å². The van der Waals surface area contributed by atoms with Gasteiger partial charge in [-0.1, -0.05) is 41.5 Å². The van der Waals surface area contributed by atoms with Crippen molar-refractivity contribution < 1.29 is 0 Å². The average Bonchev–Trinajstić information content (AvgIpc) is 2.24. The lowest BCUT2D eigenvalue weighted by molar-refractivity contribution is 0.131. The summed E-state index contributed by atoms with van der Waals surface area (Å²) in [5, 5.41) is 3.70. The van der Waals surface area contributed by atoms with Crippen molar-refractivity contribution in [3.05, 3.63) is 0 Å². The molecular weight excluding hydrogens is 220 g/mol. The molecule has 0 bridgehead atoms. The average molecular weight is 254 g/mol. The Bertz CT molecular complexity index is 232. The van der Waals surface area contributed by atoms with E-state index in [9.17, 15) is 0 Å². The van der Waals surface area contributed by atoms with Crippen LogP contribution in [0.5, 0.6) is 0 Å². The quantitative estimate of drug-likeness (QED) is 0.830. The van der Waals surface area contributed by atoms with Gasteiger partial charge >= 0.3 is 0 Å². The second-order valence-electron chi connectivity index (χ2n) is 7.43. The number of hydrogen-bond donors (Lipinski definition) is 1. The van der Waals surface area contributed by atoms with Gasteiger partial charge in [0.05, 0.1) is 0 Å². The van der Waals surface area contributed by atoms with Crippen molar-refractivity contribution in [2.45, 2.75) is 60.4 Å². The summed E-state index contributed by atoms with van der Waals surface area (Å²) >= 11 is 0. The number of nitrogens with one attached hydrogen (secondary N) is 1. The summed E-state index contributed by atoms with van der Waals surface area (Å²) in [6, 6.07) is 0.722. The third-order valence-corrected chi connectivity index (χ3v) is 4.62. The maximum atomic E-state index is 3.70. The molecule has 1 aliphatic heterocycles. The molecule has 1 fully saturated rings. The van der Waals surface area contributed by atoms with E-state index < -0.39 is 0 Å². The normalized spacial score (nSPS) is 29.7. The molecule has 3 unspecified atom stereocenters. The molecule has 18 heavy (non-hydrogen) atoms. The van der Waals surface area contributed by atoms with Gasteiger partial charge in [-0.2, -0.15) is 0 Å². The first kappa shape index (κ1) is 16.0. The zero-order valence-corrected chi connectivity index (χ0v) is 13.4. The van der Waals surface area contributed by atoms with Gasteiger partial charge in [-0.3, -0.25) is 0 Å². The molecule has 2 nitrogen and oxygen atoms in total. The van der Waals surface area contributed by atoms with Gasteiger partial charge in [-0.15, -0.1) is 0 Å². The van der Waals surface area contributed by atoms with Gasteiger partial charge < -0.3 is 10.2 Å². The third-order valence-electron chi connectivity index (χ3n) is 4.62. The van der Waals surface area contributed by atoms with E-state index in [1.807, 2.05) is 0 Å². The van der Waals surface area contributed by atoms with E-state index in [4.69, 9.17) is 0 Å². The van der Waals surface area contributed by atoms with Crippen molar-refractivity contribution in [3.63, 3.8) is 0 Å². The van der Waals surface area contributed by atoms with E-state index in [0.717, 1.165) is 17.9 Å². The Labute approximate surface area is 115 Å². The fourth-order valence-electron chi connectivity index (χ4n) is 2.58. The van der Waals surface area contributed by atoms with Gasteiger partial charge in [0, 0.05) is 19.1 Å². The molecule has 1 heterocycles. The van der Waals surface area contributed by atoms with E-state index >= 15 is 0 Å². The smallest absolute Gasteiger partial charge is 0.00767 e. The number of nitrogens with zero attached hydrogens (tertiary/aromatic N) is 1. The second kappa shape index (κ2) is 6.91. The first-order chi connectivity index (χ1) is 8.32. The van der Waals surface area contributed by atoms with Gasteiger partial charge in [0.25, 0.3) is 0 Å². The molecule has 1 N–H and O–H groups in total. The van der Waals surface area contributed by atoms with Crippen molar-refractivity contribution in [2.24, 2.45) is 17.3 Å². The van der Waals surface area contributed by atoms with Crippen LogP contribution < -0.4 is 5.32 Å². The van der Waals surface area contributed by atoms with Crippen LogP contribution in [0.3, 0.4) is 0 Å². The molecule has 0 aliphatic carbocycles. The third kappa shape index (κ3) is 5.27. The Morgan fingerprint density at radius 1 is 1.33 bits per heavy atom. The van der Waals surface area contributed by atoms with Gasteiger partial charge in [-0.05, 0) is 43.2 Å². The number of hydrogen-bond acceptors (Lipinski definition) is 2. The van der Waals surface area contributed by atoms with Gasteiger partial charge in [0.15, 0.2) is 0 Å². The molecule has 0 spiro atoms. The lowest BCUT2D eigenvalue weighted by atomic mass is 9.81. The predicted octanol–water partition coefficient (Wildman–Crippen LogP) is 3.38. The molecule has 108 valence electrons. The Balaban J connectivity index is 2.52. The van der Waals surface area contributed by atoms with E-state index in [2.05, 4.69) is 51.8 Å². The molecule has 1 rings (SSSR count). The maximum absolute atomic E-state index is 3.70. The fourth-order valence-corrected chi connectivity index (χ4v) is 2.58. The molecule has 0 amide bonds. The van der Waals surface area contributed by atoms with E-state index in [1.54, 1.807) is 0 Å². The predicted molar refractivity (Wildman–Crippen MR) is 80.9 cm³/mol. The zero-order chi connectivity index (χ0) is 13.8. The van der Waals surface area contributed by atoms with Crippen LogP contribution in [0.4, 0.5) is 0 Å². The minimum absolute atomic E-state index is 0.425. The van der Waals surface area contributed by atoms with Crippen molar-refractivity contribution >= 4 is 0 Å². The molecule has 2 heteroatoms. The van der Waals surface area contributed by atoms with E-state index in [0.29, 0.717) is 5.41 Å². The molecular formula is C16H34N2. The minimum atomic E-state index is 0.425. The number of rotatable bonds is 3. The first-order valence-corrected chi connectivity index (χ1v) is 7.78. The summed E-state index contributed by atoms with van der Waals surface area (Å²) in [6.45, 7) is 19.1. The summed E-state index contributed by atoms with van der Waals surface area (Å²) in [4.78, 5) is 2.70. The lowest BCUT2D eigenvalue weighted by Gasteiger charge is -2.37. The van der Waals surface area contributed by atoms with Crippen LogP contribution >= 0.6 is 0 Å². The Hall–Kier alpha value is -0.0800. The van der Waals surface area contributed by atoms with Gasteiger partial charge in [-0.25, -0.2) is 0 Å². The molecule has 0 aromatic carbocycles. The second-order valence-corrected chi connectivity index (χ2v) is 7.43. The highest BCUT2D eigenvalue weighted by molar-refractivity contribution is 4.79. The molecule has 0 saturated carbocycles. The Kier molecular flexibility index (Phi) is 6.13. The van der Waals surface area contributed by atoms with E-state index in [-0.39, 0.29) is 0 Å². The summed E-state index contributed by atoms with van der Waals surface area (Å²) in [5.41, 5.74) is 0.425. The highest BCUT2D eigenvalue weighted by atomic mass is 15.1. The fraction of sp³-hybridized carbons (Fsp3) is 1.00. The molecule has 3 atom stereocenters. The van der Waals surface area contributed by atoms with Crippen LogP contribution in [0.15, 0.2) is 0 Å². The van der Waals surface area contributed by atoms with Crippen molar-refractivity contribution in [3.8, 4) is 0 Å². The standard InChI is InChI=1S/C16H34N2/c1-7-15-8-9-18(11-13(2)10-17-15)12-14(3)16(4,5)6/h13-15,17H,7-12H2,1-6H3. The minimum Gasteiger partial charge on any atom is -0.314 e. The molecule has 0 radical (unpaired) electrons. The maximum Gasteiger partial charge on any atom is 0.00767 e. The molecule has 1 saturated heterocycles. The summed E-state index contributed by atoms with van der Waals surface area (Å²) in [6.07, 6.45) is 2.56. The summed E-state index contributed by atoms with van der Waals surface area (Å²) < 4.78 is 0. The molecule has 0 aromatic rings. The SMILES string of the molecule is CCC1CCN(CC(C)C(C)(C)C)CC(C)CN1. The molecule has 0 aromatic heterocycles. The highest BCUT2D eigenvalue weighted by Crippen LogP contribution is 2.26. The van der Waals surface area contributed by atoms with Crippen LogP contribution in [0.2, 0.25) is 0 Å². The first-order valence-electron chi connectivity index (χ1n) is 7.78. The molecule has 1 aliphatic rings. The lowest BCUT2D eigenvalue weighted by Crippen LogP contribution is -2.45. The Morgan fingerprint density at radius 2 is 2.00 bits per heavy atom. The van der Waals surface area contributed by atoms with Gasteiger partial charge in [0.1, 0.15) is 0 Å². The van der Waals surface area contributed by atoms with Crippen LogP contribution in [0.25, 0.3) is 0 Å². The Morgan fingerprint density at radius 3 is 2.56 bits per heavy atom. The van der Waals surface area contributed by atoms with E-state index in [1.165, 1.54) is 39.0 Å². The van der Waals surface area contributed by atoms with Crippen molar-refractivity contribution in [1.29, 1.82) is 0 Å².